The molecule has 2 heterocycles. The summed E-state index contributed by atoms with van der Waals surface area (Å²) in [5.41, 5.74) is 1.15. The minimum Gasteiger partial charge on any atom is -0.497 e. The van der Waals surface area contributed by atoms with Crippen molar-refractivity contribution in [2.24, 2.45) is 11.8 Å². The molecule has 27 heavy (non-hydrogen) atoms. The molecule has 1 aromatic heterocycles. The van der Waals surface area contributed by atoms with E-state index >= 15 is 0 Å². The third-order valence-corrected chi connectivity index (χ3v) is 5.20. The van der Waals surface area contributed by atoms with Crippen LogP contribution in [0.25, 0.3) is 11.3 Å². The number of benzene rings is 1. The molecule has 0 bridgehead atoms. The zero-order chi connectivity index (χ0) is 19.4. The van der Waals surface area contributed by atoms with Gasteiger partial charge in [0, 0.05) is 37.3 Å². The lowest BCUT2D eigenvalue weighted by molar-refractivity contribution is 0.0862. The lowest BCUT2D eigenvalue weighted by Crippen LogP contribution is -2.48. The number of aromatic nitrogens is 1. The second-order valence-electron chi connectivity index (χ2n) is 7.76. The van der Waals surface area contributed by atoms with Crippen LogP contribution in [0.2, 0.25) is 0 Å². The summed E-state index contributed by atoms with van der Waals surface area (Å²) in [6.45, 7) is 9.54. The number of methoxy groups -OCH3 is 1. The zero-order valence-electron chi connectivity index (χ0n) is 16.6. The van der Waals surface area contributed by atoms with Gasteiger partial charge in [-0.25, -0.2) is 0 Å². The highest BCUT2D eigenvalue weighted by Gasteiger charge is 2.25. The fraction of sp³-hybridized carbons (Fsp3) is 0.524. The Bertz CT molecular complexity index is 746. The molecule has 1 aliphatic heterocycles. The second kappa shape index (κ2) is 8.57. The number of likely N-dealkylation sites (tertiary alicyclic amines) is 1. The first kappa shape index (κ1) is 19.4. The molecule has 1 amide bonds. The lowest BCUT2D eigenvalue weighted by Gasteiger charge is -2.38. The number of nitrogens with one attached hydrogen (secondary N) is 1. The number of amides is 1. The summed E-state index contributed by atoms with van der Waals surface area (Å²) in [6.07, 6.45) is 1.28. The maximum Gasteiger partial charge on any atom is 0.273 e. The van der Waals surface area contributed by atoms with Gasteiger partial charge in [0.15, 0.2) is 11.5 Å². The van der Waals surface area contributed by atoms with Crippen molar-refractivity contribution >= 4 is 5.91 Å². The Kier molecular flexibility index (Phi) is 6.16. The maximum absolute atomic E-state index is 12.4. The van der Waals surface area contributed by atoms with Crippen LogP contribution in [0.15, 0.2) is 34.9 Å². The molecule has 1 aliphatic rings. The third-order valence-electron chi connectivity index (χ3n) is 5.20. The van der Waals surface area contributed by atoms with E-state index in [1.54, 1.807) is 13.2 Å². The van der Waals surface area contributed by atoms with Gasteiger partial charge < -0.3 is 14.6 Å². The SMILES string of the molecule is COc1ccc(-c2cc(C(=O)NCC(C)N3CC(C)CC(C)C3)no2)cc1. The van der Waals surface area contributed by atoms with Crippen molar-refractivity contribution in [3.63, 3.8) is 0 Å². The number of hydrogen-bond acceptors (Lipinski definition) is 5. The van der Waals surface area contributed by atoms with Gasteiger partial charge in [-0.1, -0.05) is 19.0 Å². The molecule has 0 saturated carbocycles. The smallest absolute Gasteiger partial charge is 0.273 e. The number of ether oxygens (including phenoxy) is 1. The Hall–Kier alpha value is -2.34. The highest BCUT2D eigenvalue weighted by Crippen LogP contribution is 2.24. The summed E-state index contributed by atoms with van der Waals surface area (Å²) in [5, 5.41) is 6.90. The predicted octanol–water partition coefficient (Wildman–Crippen LogP) is 3.45. The van der Waals surface area contributed by atoms with Gasteiger partial charge in [0.05, 0.1) is 7.11 Å². The molecule has 0 spiro atoms. The monoisotopic (exact) mass is 371 g/mol. The van der Waals surface area contributed by atoms with Crippen molar-refractivity contribution < 1.29 is 14.1 Å². The molecular weight excluding hydrogens is 342 g/mol. The Morgan fingerprint density at radius 2 is 1.96 bits per heavy atom. The highest BCUT2D eigenvalue weighted by molar-refractivity contribution is 5.93. The van der Waals surface area contributed by atoms with Crippen LogP contribution in [-0.4, -0.2) is 48.7 Å². The normalized spacial score (nSPS) is 21.6. The van der Waals surface area contributed by atoms with Crippen LogP contribution in [0, 0.1) is 11.8 Å². The predicted molar refractivity (Wildman–Crippen MR) is 105 cm³/mol. The number of nitrogens with zero attached hydrogens (tertiary/aromatic N) is 2. The lowest BCUT2D eigenvalue weighted by atomic mass is 9.91. The number of piperidine rings is 1. The largest absolute Gasteiger partial charge is 0.497 e. The molecule has 3 unspecified atom stereocenters. The average molecular weight is 371 g/mol. The number of rotatable bonds is 6. The first-order valence-corrected chi connectivity index (χ1v) is 9.59. The van der Waals surface area contributed by atoms with E-state index < -0.39 is 0 Å². The Morgan fingerprint density at radius 1 is 1.30 bits per heavy atom. The van der Waals surface area contributed by atoms with Crippen molar-refractivity contribution in [1.29, 1.82) is 0 Å². The average Bonchev–Trinajstić information content (AvgIpc) is 3.15. The summed E-state index contributed by atoms with van der Waals surface area (Å²) >= 11 is 0. The van der Waals surface area contributed by atoms with Gasteiger partial charge in [0.1, 0.15) is 5.75 Å². The molecule has 3 atom stereocenters. The molecule has 2 aromatic rings. The van der Waals surface area contributed by atoms with E-state index in [1.807, 2.05) is 24.3 Å². The maximum atomic E-state index is 12.4. The first-order valence-electron chi connectivity index (χ1n) is 9.59. The van der Waals surface area contributed by atoms with Gasteiger partial charge in [-0.3, -0.25) is 9.69 Å². The molecule has 3 rings (SSSR count). The van der Waals surface area contributed by atoms with E-state index in [2.05, 4.69) is 36.1 Å². The van der Waals surface area contributed by atoms with Crippen molar-refractivity contribution in [3.8, 4) is 17.1 Å². The van der Waals surface area contributed by atoms with Gasteiger partial charge in [-0.2, -0.15) is 0 Å². The van der Waals surface area contributed by atoms with Gasteiger partial charge in [0.25, 0.3) is 5.91 Å². The number of carbonyl (C=O) groups is 1. The fourth-order valence-electron chi connectivity index (χ4n) is 3.80. The molecule has 1 saturated heterocycles. The highest BCUT2D eigenvalue weighted by atomic mass is 16.5. The molecular formula is C21H29N3O3. The molecule has 146 valence electrons. The molecule has 1 aromatic carbocycles. The van der Waals surface area contributed by atoms with Gasteiger partial charge >= 0.3 is 0 Å². The van der Waals surface area contributed by atoms with Crippen molar-refractivity contribution in [1.82, 2.24) is 15.4 Å². The standard InChI is InChI=1S/C21H29N3O3/c1-14-9-15(2)13-24(12-14)16(3)11-22-21(25)19-10-20(27-23-19)17-5-7-18(26-4)8-6-17/h5-8,10,14-16H,9,11-13H2,1-4H3,(H,22,25). The van der Waals surface area contributed by atoms with E-state index in [1.165, 1.54) is 6.42 Å². The molecule has 0 radical (unpaired) electrons. The molecule has 0 aliphatic carbocycles. The summed E-state index contributed by atoms with van der Waals surface area (Å²) < 4.78 is 10.5. The van der Waals surface area contributed by atoms with E-state index in [9.17, 15) is 4.79 Å². The molecule has 6 heteroatoms. The number of hydrogen-bond donors (Lipinski definition) is 1. The zero-order valence-corrected chi connectivity index (χ0v) is 16.6. The van der Waals surface area contributed by atoms with Crippen LogP contribution in [0.1, 0.15) is 37.7 Å². The van der Waals surface area contributed by atoms with Crippen molar-refractivity contribution in [3.05, 3.63) is 36.0 Å². The topological polar surface area (TPSA) is 67.6 Å². The van der Waals surface area contributed by atoms with E-state index in [-0.39, 0.29) is 5.91 Å². The van der Waals surface area contributed by atoms with Crippen LogP contribution in [0.3, 0.4) is 0 Å². The van der Waals surface area contributed by atoms with Gasteiger partial charge in [-0.05, 0) is 49.4 Å². The summed E-state index contributed by atoms with van der Waals surface area (Å²) in [5.74, 6) is 2.54. The summed E-state index contributed by atoms with van der Waals surface area (Å²) in [4.78, 5) is 14.9. The van der Waals surface area contributed by atoms with E-state index in [0.717, 1.165) is 24.4 Å². The molecule has 6 nitrogen and oxygen atoms in total. The van der Waals surface area contributed by atoms with Crippen LogP contribution < -0.4 is 10.1 Å². The summed E-state index contributed by atoms with van der Waals surface area (Å²) in [7, 11) is 1.62. The fourth-order valence-corrected chi connectivity index (χ4v) is 3.80. The Balaban J connectivity index is 1.56. The van der Waals surface area contributed by atoms with Crippen LogP contribution in [0.4, 0.5) is 0 Å². The molecule has 1 N–H and O–H groups in total. The van der Waals surface area contributed by atoms with Crippen LogP contribution in [-0.2, 0) is 0 Å². The number of carbonyl (C=O) groups excluding carboxylic acids is 1. The van der Waals surface area contributed by atoms with Crippen LogP contribution >= 0.6 is 0 Å². The van der Waals surface area contributed by atoms with Gasteiger partial charge in [0.2, 0.25) is 0 Å². The third kappa shape index (κ3) is 4.89. The molecule has 1 fully saturated rings. The second-order valence-corrected chi connectivity index (χ2v) is 7.76. The van der Waals surface area contributed by atoms with Gasteiger partial charge in [-0.15, -0.1) is 0 Å². The van der Waals surface area contributed by atoms with Crippen molar-refractivity contribution in [2.75, 3.05) is 26.7 Å². The van der Waals surface area contributed by atoms with Crippen molar-refractivity contribution in [2.45, 2.75) is 33.2 Å². The Labute approximate surface area is 160 Å². The Morgan fingerprint density at radius 3 is 2.59 bits per heavy atom. The van der Waals surface area contributed by atoms with Crippen LogP contribution in [0.5, 0.6) is 5.75 Å². The quantitative estimate of drug-likeness (QED) is 0.842. The van der Waals surface area contributed by atoms with E-state index in [4.69, 9.17) is 9.26 Å². The minimum atomic E-state index is -0.205. The first-order chi connectivity index (χ1) is 13.0. The summed E-state index contributed by atoms with van der Waals surface area (Å²) in [6, 6.07) is 9.42. The minimum absolute atomic E-state index is 0.205. The van der Waals surface area contributed by atoms with E-state index in [0.29, 0.717) is 35.9 Å².